The number of hydrogen-bond donors (Lipinski definition) is 2. The van der Waals surface area contributed by atoms with E-state index in [-0.39, 0.29) is 28.8 Å². The smallest absolute Gasteiger partial charge is 0.343 e. The predicted octanol–water partition coefficient (Wildman–Crippen LogP) is 1.85. The first-order valence-corrected chi connectivity index (χ1v) is 8.19. The molecule has 2 aromatic rings. The van der Waals surface area contributed by atoms with Crippen molar-refractivity contribution in [3.05, 3.63) is 39.6 Å². The van der Waals surface area contributed by atoms with Gasteiger partial charge in [-0.25, -0.2) is 13.6 Å². The van der Waals surface area contributed by atoms with Gasteiger partial charge in [0.25, 0.3) is 0 Å². The second-order valence-corrected chi connectivity index (χ2v) is 6.71. The third-order valence-corrected chi connectivity index (χ3v) is 4.84. The Hall–Kier alpha value is -2.48. The number of carboxylic acid groups (broad SMARTS) is 1. The third-order valence-electron chi connectivity index (χ3n) is 4.84. The first-order chi connectivity index (χ1) is 11.9. The van der Waals surface area contributed by atoms with Gasteiger partial charge in [-0.3, -0.25) is 4.79 Å². The average Bonchev–Trinajstić information content (AvgIpc) is 3.28. The van der Waals surface area contributed by atoms with Gasteiger partial charge in [-0.15, -0.1) is 0 Å². The lowest BCUT2D eigenvalue weighted by molar-refractivity contribution is 0.0695. The van der Waals surface area contributed by atoms with Crippen molar-refractivity contribution >= 4 is 22.7 Å². The fourth-order valence-electron chi connectivity index (χ4n) is 3.62. The maximum atomic E-state index is 14.6. The van der Waals surface area contributed by atoms with E-state index >= 15 is 0 Å². The topological polar surface area (TPSA) is 88.6 Å². The molecule has 2 fully saturated rings. The van der Waals surface area contributed by atoms with E-state index in [9.17, 15) is 23.5 Å². The second kappa shape index (κ2) is 5.52. The molecule has 2 heterocycles. The first-order valence-electron chi connectivity index (χ1n) is 8.19. The largest absolute Gasteiger partial charge is 0.477 e. The minimum atomic E-state index is -1.40. The lowest BCUT2D eigenvalue weighted by Crippen LogP contribution is -2.33. The Morgan fingerprint density at radius 3 is 2.52 bits per heavy atom. The summed E-state index contributed by atoms with van der Waals surface area (Å²) < 4.78 is 29.8. The monoisotopic (exact) mass is 349 g/mol. The van der Waals surface area contributed by atoms with Crippen LogP contribution in [0.2, 0.25) is 0 Å². The van der Waals surface area contributed by atoms with Crippen LogP contribution in [0.1, 0.15) is 35.7 Å². The molecule has 3 N–H and O–H groups in total. The highest BCUT2D eigenvalue weighted by Gasteiger charge is 2.36. The molecule has 1 saturated heterocycles. The normalized spacial score (nSPS) is 20.4. The Morgan fingerprint density at radius 2 is 1.96 bits per heavy atom. The summed E-state index contributed by atoms with van der Waals surface area (Å²) in [6.07, 6.45) is 2.16. The summed E-state index contributed by atoms with van der Waals surface area (Å²) >= 11 is 0. The number of halogens is 2. The minimum Gasteiger partial charge on any atom is -0.477 e. The first kappa shape index (κ1) is 16.0. The molecule has 0 spiro atoms. The number of rotatable bonds is 3. The van der Waals surface area contributed by atoms with Crippen molar-refractivity contribution in [1.29, 1.82) is 0 Å². The Kier molecular flexibility index (Phi) is 3.54. The molecule has 6 nitrogen and oxygen atoms in total. The molecule has 0 bridgehead atoms. The van der Waals surface area contributed by atoms with Gasteiger partial charge in [-0.1, -0.05) is 0 Å². The van der Waals surface area contributed by atoms with E-state index in [1.807, 2.05) is 0 Å². The van der Waals surface area contributed by atoms with E-state index in [4.69, 9.17) is 5.73 Å². The zero-order valence-corrected chi connectivity index (χ0v) is 13.3. The number of anilines is 1. The van der Waals surface area contributed by atoms with E-state index in [2.05, 4.69) is 0 Å². The maximum absolute atomic E-state index is 14.6. The molecule has 1 aromatic carbocycles. The van der Waals surface area contributed by atoms with Gasteiger partial charge in [-0.05, 0) is 25.3 Å². The van der Waals surface area contributed by atoms with Crippen molar-refractivity contribution in [2.45, 2.75) is 31.3 Å². The molecule has 2 aliphatic rings. The summed E-state index contributed by atoms with van der Waals surface area (Å²) in [6.45, 7) is 0.878. The van der Waals surface area contributed by atoms with Crippen molar-refractivity contribution in [2.24, 2.45) is 5.73 Å². The van der Waals surface area contributed by atoms with Crippen LogP contribution in [0.3, 0.4) is 0 Å². The molecule has 1 aliphatic carbocycles. The highest BCUT2D eigenvalue weighted by Crippen LogP contribution is 2.42. The maximum Gasteiger partial charge on any atom is 0.343 e. The van der Waals surface area contributed by atoms with Crippen molar-refractivity contribution in [3.8, 4) is 0 Å². The van der Waals surface area contributed by atoms with Crippen LogP contribution in [0.25, 0.3) is 10.9 Å². The predicted molar refractivity (Wildman–Crippen MR) is 88.2 cm³/mol. The molecule has 25 heavy (non-hydrogen) atoms. The number of pyridine rings is 1. The van der Waals surface area contributed by atoms with Crippen molar-refractivity contribution in [2.75, 3.05) is 18.0 Å². The number of carboxylic acids is 1. The van der Waals surface area contributed by atoms with Gasteiger partial charge in [0.15, 0.2) is 5.82 Å². The van der Waals surface area contributed by atoms with Gasteiger partial charge < -0.3 is 20.3 Å². The van der Waals surface area contributed by atoms with Gasteiger partial charge in [0.2, 0.25) is 5.43 Å². The molecule has 8 heteroatoms. The minimum absolute atomic E-state index is 0.0330. The summed E-state index contributed by atoms with van der Waals surface area (Å²) in [5.41, 5.74) is 4.58. The molecule has 1 atom stereocenters. The Morgan fingerprint density at radius 1 is 1.24 bits per heavy atom. The summed E-state index contributed by atoms with van der Waals surface area (Å²) in [6, 6.07) is 1.39. The molecule has 0 amide bonds. The highest BCUT2D eigenvalue weighted by molar-refractivity contribution is 5.99. The number of nitrogens with zero attached hydrogens (tertiary/aromatic N) is 2. The fourth-order valence-corrected chi connectivity index (χ4v) is 3.62. The molecular formula is C17H17F2N3O3. The van der Waals surface area contributed by atoms with Crippen LogP contribution in [0, 0.1) is 11.6 Å². The Labute approximate surface area is 141 Å². The third kappa shape index (κ3) is 2.48. The van der Waals surface area contributed by atoms with E-state index in [1.54, 1.807) is 9.47 Å². The number of carbonyl (C=O) groups is 1. The number of aromatic carboxylic acids is 1. The van der Waals surface area contributed by atoms with Crippen LogP contribution in [0.5, 0.6) is 0 Å². The van der Waals surface area contributed by atoms with Crippen LogP contribution >= 0.6 is 0 Å². The van der Waals surface area contributed by atoms with Crippen LogP contribution in [0.15, 0.2) is 16.9 Å². The number of benzene rings is 1. The molecular weight excluding hydrogens is 332 g/mol. The van der Waals surface area contributed by atoms with Crippen LogP contribution in [0.4, 0.5) is 14.6 Å². The fraction of sp³-hybridized carbons (Fsp3) is 0.412. The summed E-state index contributed by atoms with van der Waals surface area (Å²) in [5.74, 6) is -2.98. The Bertz CT molecular complexity index is 953. The zero-order chi connectivity index (χ0) is 17.9. The molecule has 1 saturated carbocycles. The quantitative estimate of drug-likeness (QED) is 0.883. The second-order valence-electron chi connectivity index (χ2n) is 6.71. The molecule has 1 aromatic heterocycles. The molecule has 132 valence electrons. The van der Waals surface area contributed by atoms with Crippen molar-refractivity contribution in [1.82, 2.24) is 4.57 Å². The summed E-state index contributed by atoms with van der Waals surface area (Å²) in [5, 5.41) is 9.40. The number of nitrogens with two attached hydrogens (primary N) is 1. The summed E-state index contributed by atoms with van der Waals surface area (Å²) in [7, 11) is 0. The Balaban J connectivity index is 2.14. The van der Waals surface area contributed by atoms with E-state index in [1.165, 1.54) is 0 Å². The molecule has 1 aliphatic heterocycles. The van der Waals surface area contributed by atoms with Crippen molar-refractivity contribution < 1.29 is 18.7 Å². The SMILES string of the molecule is NC1CCN(c2c(C(=O)O)c(=O)c3cc(F)cc(F)c3n2C2CC2)C1. The zero-order valence-electron chi connectivity index (χ0n) is 13.3. The van der Waals surface area contributed by atoms with E-state index in [0.717, 1.165) is 25.0 Å². The number of fused-ring (bicyclic) bond motifs is 1. The van der Waals surface area contributed by atoms with E-state index in [0.29, 0.717) is 19.5 Å². The molecule has 4 rings (SSSR count). The van der Waals surface area contributed by atoms with Crippen LogP contribution in [-0.2, 0) is 0 Å². The van der Waals surface area contributed by atoms with Gasteiger partial charge >= 0.3 is 5.97 Å². The highest BCUT2D eigenvalue weighted by atomic mass is 19.1. The van der Waals surface area contributed by atoms with Crippen LogP contribution in [-0.4, -0.2) is 34.8 Å². The van der Waals surface area contributed by atoms with Gasteiger partial charge in [0, 0.05) is 31.2 Å². The molecule has 0 radical (unpaired) electrons. The summed E-state index contributed by atoms with van der Waals surface area (Å²) in [4.78, 5) is 26.3. The van der Waals surface area contributed by atoms with Crippen LogP contribution < -0.4 is 16.1 Å². The lowest BCUT2D eigenvalue weighted by Gasteiger charge is -2.27. The van der Waals surface area contributed by atoms with Gasteiger partial charge in [0.1, 0.15) is 17.2 Å². The van der Waals surface area contributed by atoms with E-state index < -0.39 is 28.6 Å². The number of hydrogen-bond acceptors (Lipinski definition) is 4. The molecule has 1 unspecified atom stereocenters. The van der Waals surface area contributed by atoms with Gasteiger partial charge in [-0.2, -0.15) is 0 Å². The van der Waals surface area contributed by atoms with Crippen molar-refractivity contribution in [3.63, 3.8) is 0 Å². The lowest BCUT2D eigenvalue weighted by atomic mass is 10.1. The van der Waals surface area contributed by atoms with Gasteiger partial charge in [0.05, 0.1) is 10.9 Å². The average molecular weight is 349 g/mol. The number of aromatic nitrogens is 1. The standard InChI is InChI=1S/C17H17F2N3O3/c18-8-5-11-14(12(19)6-8)22(10-1-2-10)16(13(15(11)23)17(24)25)21-4-3-9(20)7-21/h5-6,9-10H,1-4,7,20H2,(H,24,25).